The van der Waals surface area contributed by atoms with Crippen molar-refractivity contribution in [2.75, 3.05) is 0 Å². The molecule has 0 aliphatic heterocycles. The molecule has 0 unspecified atom stereocenters. The molecule has 138 valence electrons. The fraction of sp³-hybridized carbons (Fsp3) is 0.200. The van der Waals surface area contributed by atoms with Crippen molar-refractivity contribution in [2.24, 2.45) is 7.05 Å². The summed E-state index contributed by atoms with van der Waals surface area (Å²) in [5.41, 5.74) is 6.61. The molecule has 0 atom stereocenters. The second kappa shape index (κ2) is 7.82. The zero-order valence-corrected chi connectivity index (χ0v) is 15.2. The van der Waals surface area contributed by atoms with Crippen molar-refractivity contribution >= 4 is 22.6 Å². The molecule has 7 nitrogen and oxygen atoms in total. The molecule has 27 heavy (non-hydrogen) atoms. The predicted molar refractivity (Wildman–Crippen MR) is 102 cm³/mol. The molecule has 0 saturated heterocycles. The number of nitrogens with one attached hydrogen (secondary N) is 2. The van der Waals surface area contributed by atoms with E-state index in [1.807, 2.05) is 19.1 Å². The van der Waals surface area contributed by atoms with Crippen LogP contribution in [0.15, 0.2) is 53.3 Å². The van der Waals surface area contributed by atoms with E-state index >= 15 is 0 Å². The van der Waals surface area contributed by atoms with E-state index in [4.69, 9.17) is 0 Å². The zero-order chi connectivity index (χ0) is 19.4. The highest BCUT2D eigenvalue weighted by Gasteiger charge is 2.13. The Morgan fingerprint density at radius 3 is 2.33 bits per heavy atom. The van der Waals surface area contributed by atoms with E-state index in [0.29, 0.717) is 22.0 Å². The second-order valence-electron chi connectivity index (χ2n) is 6.15. The summed E-state index contributed by atoms with van der Waals surface area (Å²) in [6, 6.07) is 14.2. The average molecular weight is 364 g/mol. The van der Waals surface area contributed by atoms with E-state index in [1.165, 1.54) is 11.7 Å². The number of aryl methyl sites for hydroxylation is 2. The lowest BCUT2D eigenvalue weighted by atomic mass is 10.1. The molecule has 3 aromatic rings. The van der Waals surface area contributed by atoms with Gasteiger partial charge in [0.1, 0.15) is 0 Å². The van der Waals surface area contributed by atoms with Gasteiger partial charge in [-0.2, -0.15) is 5.10 Å². The smallest absolute Gasteiger partial charge is 0.273 e. The molecule has 7 heteroatoms. The third kappa shape index (κ3) is 4.03. The van der Waals surface area contributed by atoms with Crippen LogP contribution in [0.4, 0.5) is 0 Å². The van der Waals surface area contributed by atoms with E-state index in [-0.39, 0.29) is 12.0 Å². The van der Waals surface area contributed by atoms with Gasteiger partial charge in [0.25, 0.3) is 11.5 Å². The van der Waals surface area contributed by atoms with Gasteiger partial charge in [0.05, 0.1) is 17.5 Å². The Hall–Kier alpha value is -3.48. The van der Waals surface area contributed by atoms with Crippen LogP contribution >= 0.6 is 0 Å². The largest absolute Gasteiger partial charge is 0.274 e. The molecule has 1 aromatic heterocycles. The summed E-state index contributed by atoms with van der Waals surface area (Å²) in [5, 5.41) is 5.30. The lowest BCUT2D eigenvalue weighted by Crippen LogP contribution is -2.42. The quantitative estimate of drug-likeness (QED) is 0.686. The average Bonchev–Trinajstić information content (AvgIpc) is 2.70. The molecule has 2 N–H and O–H groups in total. The van der Waals surface area contributed by atoms with Crippen LogP contribution in [0.3, 0.4) is 0 Å². The van der Waals surface area contributed by atoms with E-state index < -0.39 is 11.8 Å². The number of amides is 2. The van der Waals surface area contributed by atoms with Crippen molar-refractivity contribution < 1.29 is 9.59 Å². The molecule has 2 amide bonds. The van der Waals surface area contributed by atoms with Crippen LogP contribution in [-0.2, 0) is 24.7 Å². The second-order valence-corrected chi connectivity index (χ2v) is 6.15. The Balaban J connectivity index is 1.69. The van der Waals surface area contributed by atoms with Crippen LogP contribution in [-0.4, -0.2) is 21.6 Å². The lowest BCUT2D eigenvalue weighted by Gasteiger charge is -2.10. The third-order valence-electron chi connectivity index (χ3n) is 4.30. The van der Waals surface area contributed by atoms with Crippen molar-refractivity contribution in [3.63, 3.8) is 0 Å². The molecule has 0 spiro atoms. The van der Waals surface area contributed by atoms with Crippen LogP contribution in [0, 0.1) is 0 Å². The molecule has 2 aromatic carbocycles. The molecule has 3 rings (SSSR count). The summed E-state index contributed by atoms with van der Waals surface area (Å²) >= 11 is 0. The summed E-state index contributed by atoms with van der Waals surface area (Å²) in [5.74, 6) is -0.825. The molecule has 0 aliphatic carbocycles. The van der Waals surface area contributed by atoms with Crippen molar-refractivity contribution in [1.29, 1.82) is 0 Å². The first-order valence-corrected chi connectivity index (χ1v) is 8.62. The van der Waals surface area contributed by atoms with Gasteiger partial charge >= 0.3 is 0 Å². The van der Waals surface area contributed by atoms with Gasteiger partial charge in [-0.1, -0.05) is 37.3 Å². The third-order valence-corrected chi connectivity index (χ3v) is 4.30. The van der Waals surface area contributed by atoms with Crippen LogP contribution < -0.4 is 16.4 Å². The molecule has 0 radical (unpaired) electrons. The number of nitrogens with zero attached hydrogens (tertiary/aromatic N) is 2. The first kappa shape index (κ1) is 18.3. The highest BCUT2D eigenvalue weighted by molar-refractivity contribution is 5.96. The van der Waals surface area contributed by atoms with Crippen molar-refractivity contribution in [3.05, 3.63) is 75.7 Å². The van der Waals surface area contributed by atoms with Crippen LogP contribution in [0.2, 0.25) is 0 Å². The number of carbonyl (C=O) groups is 2. The molecule has 1 heterocycles. The van der Waals surface area contributed by atoms with Gasteiger partial charge in [-0.25, -0.2) is 4.68 Å². The molecule has 0 bridgehead atoms. The maximum absolute atomic E-state index is 12.2. The molecule has 0 saturated carbocycles. The van der Waals surface area contributed by atoms with E-state index in [9.17, 15) is 14.4 Å². The molecule has 0 fully saturated rings. The molecular weight excluding hydrogens is 344 g/mol. The molecular formula is C20H20N4O3. The number of hydrazine groups is 1. The highest BCUT2D eigenvalue weighted by Crippen LogP contribution is 2.13. The zero-order valence-electron chi connectivity index (χ0n) is 15.2. The van der Waals surface area contributed by atoms with Gasteiger partial charge in [-0.15, -0.1) is 0 Å². The first-order chi connectivity index (χ1) is 13.0. The minimum Gasteiger partial charge on any atom is -0.273 e. The maximum atomic E-state index is 12.2. The summed E-state index contributed by atoms with van der Waals surface area (Å²) in [6.07, 6.45) is 0.822. The Kier molecular flexibility index (Phi) is 5.30. The van der Waals surface area contributed by atoms with Gasteiger partial charge in [0, 0.05) is 18.0 Å². The van der Waals surface area contributed by atoms with Crippen LogP contribution in [0.5, 0.6) is 0 Å². The van der Waals surface area contributed by atoms with Gasteiger partial charge in [-0.05, 0) is 30.2 Å². The van der Waals surface area contributed by atoms with Crippen molar-refractivity contribution in [2.45, 2.75) is 19.8 Å². The van der Waals surface area contributed by atoms with E-state index in [2.05, 4.69) is 16.0 Å². The van der Waals surface area contributed by atoms with E-state index in [1.54, 1.807) is 36.4 Å². The number of rotatable bonds is 4. The summed E-state index contributed by atoms with van der Waals surface area (Å²) in [4.78, 5) is 36.5. The summed E-state index contributed by atoms with van der Waals surface area (Å²) in [7, 11) is 1.54. The summed E-state index contributed by atoms with van der Waals surface area (Å²) < 4.78 is 1.21. The molecule has 0 aliphatic rings. The predicted octanol–water partition coefficient (Wildman–Crippen LogP) is 1.50. The van der Waals surface area contributed by atoms with Crippen LogP contribution in [0.25, 0.3) is 10.8 Å². The Labute approximate surface area is 156 Å². The summed E-state index contributed by atoms with van der Waals surface area (Å²) in [6.45, 7) is 2.03. The lowest BCUT2D eigenvalue weighted by molar-refractivity contribution is -0.121. The Morgan fingerprint density at radius 1 is 1.00 bits per heavy atom. The first-order valence-electron chi connectivity index (χ1n) is 8.62. The van der Waals surface area contributed by atoms with Gasteiger partial charge in [0.15, 0.2) is 0 Å². The van der Waals surface area contributed by atoms with Gasteiger partial charge in [0.2, 0.25) is 5.91 Å². The number of benzene rings is 2. The number of hydrogen-bond donors (Lipinski definition) is 2. The Morgan fingerprint density at radius 2 is 1.67 bits per heavy atom. The minimum atomic E-state index is -0.426. The van der Waals surface area contributed by atoms with Gasteiger partial charge in [-0.3, -0.25) is 25.2 Å². The topological polar surface area (TPSA) is 93.1 Å². The highest BCUT2D eigenvalue weighted by atomic mass is 16.2. The fourth-order valence-corrected chi connectivity index (χ4v) is 2.79. The minimum absolute atomic E-state index is 0.0658. The normalized spacial score (nSPS) is 10.6. The Bertz CT molecular complexity index is 1060. The van der Waals surface area contributed by atoms with Crippen LogP contribution in [0.1, 0.15) is 28.5 Å². The van der Waals surface area contributed by atoms with E-state index in [0.717, 1.165) is 12.0 Å². The maximum Gasteiger partial charge on any atom is 0.274 e. The number of carbonyl (C=O) groups excluding carboxylic acids is 2. The standard InChI is InChI=1S/C20H20N4O3/c1-3-13-8-10-14(11-9-13)19(26)22-21-18(25)12-17-15-6-4-5-7-16(15)20(27)24(2)23-17/h4-11H,3,12H2,1-2H3,(H,21,25)(H,22,26). The van der Waals surface area contributed by atoms with Crippen molar-refractivity contribution in [3.8, 4) is 0 Å². The monoisotopic (exact) mass is 364 g/mol. The fourth-order valence-electron chi connectivity index (χ4n) is 2.79. The number of aromatic nitrogens is 2. The number of fused-ring (bicyclic) bond motifs is 1. The SMILES string of the molecule is CCc1ccc(C(=O)NNC(=O)Cc2nn(C)c(=O)c3ccccc23)cc1. The van der Waals surface area contributed by atoms with Crippen molar-refractivity contribution in [1.82, 2.24) is 20.6 Å². The van der Waals surface area contributed by atoms with Gasteiger partial charge < -0.3 is 0 Å². The number of hydrogen-bond acceptors (Lipinski definition) is 4.